The minimum atomic E-state index is -0.209. The molecule has 4 nitrogen and oxygen atoms in total. The average molecular weight is 286 g/mol. The molecule has 0 bridgehead atoms. The molecule has 1 atom stereocenters. The number of phenols is 1. The fraction of sp³-hybridized carbons (Fsp3) is 0.353. The van der Waals surface area contributed by atoms with E-state index in [4.69, 9.17) is 0 Å². The zero-order valence-corrected chi connectivity index (χ0v) is 12.5. The van der Waals surface area contributed by atoms with Crippen molar-refractivity contribution in [2.45, 2.75) is 26.1 Å². The van der Waals surface area contributed by atoms with E-state index in [1.807, 2.05) is 13.0 Å². The maximum Gasteiger partial charge on any atom is 0.240 e. The molecule has 0 saturated heterocycles. The number of hydrogen-bond acceptors (Lipinski definition) is 3. The largest absolute Gasteiger partial charge is 0.508 e. The molecule has 1 aromatic rings. The second kappa shape index (κ2) is 6.59. The first-order chi connectivity index (χ1) is 10.1. The Morgan fingerprint density at radius 2 is 1.95 bits per heavy atom. The van der Waals surface area contributed by atoms with Crippen molar-refractivity contribution in [3.63, 3.8) is 0 Å². The van der Waals surface area contributed by atoms with Gasteiger partial charge in [-0.05, 0) is 30.2 Å². The third kappa shape index (κ3) is 3.34. The van der Waals surface area contributed by atoms with Gasteiger partial charge < -0.3 is 10.0 Å². The van der Waals surface area contributed by atoms with Crippen LogP contribution in [0.5, 0.6) is 5.75 Å². The first-order valence-electron chi connectivity index (χ1n) is 7.12. The molecule has 1 heterocycles. The molecular weight excluding hydrogens is 264 g/mol. The van der Waals surface area contributed by atoms with Crippen molar-refractivity contribution >= 4 is 5.91 Å². The SMILES string of the molecule is C=CCN(CC=C)C(=O)C(C)N1Cc2ccc(O)cc2C1. The molecule has 1 unspecified atom stereocenters. The Labute approximate surface area is 126 Å². The minimum Gasteiger partial charge on any atom is -0.508 e. The molecule has 0 saturated carbocycles. The number of rotatable bonds is 6. The fourth-order valence-electron chi connectivity index (χ4n) is 2.67. The van der Waals surface area contributed by atoms with Gasteiger partial charge in [-0.3, -0.25) is 9.69 Å². The second-order valence-electron chi connectivity index (χ2n) is 5.35. The number of hydrogen-bond donors (Lipinski definition) is 1. The van der Waals surface area contributed by atoms with Crippen LogP contribution in [-0.4, -0.2) is 39.9 Å². The van der Waals surface area contributed by atoms with Gasteiger partial charge in [-0.15, -0.1) is 13.2 Å². The fourth-order valence-corrected chi connectivity index (χ4v) is 2.67. The van der Waals surface area contributed by atoms with E-state index in [9.17, 15) is 9.90 Å². The summed E-state index contributed by atoms with van der Waals surface area (Å²) in [6.45, 7) is 11.8. The lowest BCUT2D eigenvalue weighted by Crippen LogP contribution is -2.45. The highest BCUT2D eigenvalue weighted by Crippen LogP contribution is 2.27. The number of carbonyl (C=O) groups excluding carboxylic acids is 1. The highest BCUT2D eigenvalue weighted by molar-refractivity contribution is 5.82. The lowest BCUT2D eigenvalue weighted by Gasteiger charge is -2.29. The lowest BCUT2D eigenvalue weighted by atomic mass is 10.1. The highest BCUT2D eigenvalue weighted by atomic mass is 16.3. The van der Waals surface area contributed by atoms with Gasteiger partial charge in [0.05, 0.1) is 6.04 Å². The van der Waals surface area contributed by atoms with Crippen LogP contribution in [0, 0.1) is 0 Å². The van der Waals surface area contributed by atoms with E-state index >= 15 is 0 Å². The Kier molecular flexibility index (Phi) is 4.81. The summed E-state index contributed by atoms with van der Waals surface area (Å²) < 4.78 is 0. The Morgan fingerprint density at radius 1 is 1.33 bits per heavy atom. The van der Waals surface area contributed by atoms with Crippen molar-refractivity contribution < 1.29 is 9.90 Å². The van der Waals surface area contributed by atoms with Gasteiger partial charge in [-0.25, -0.2) is 0 Å². The predicted molar refractivity (Wildman–Crippen MR) is 83.8 cm³/mol. The number of fused-ring (bicyclic) bond motifs is 1. The molecule has 0 fully saturated rings. The van der Waals surface area contributed by atoms with E-state index in [1.54, 1.807) is 29.2 Å². The molecule has 1 N–H and O–H groups in total. The zero-order chi connectivity index (χ0) is 15.4. The smallest absolute Gasteiger partial charge is 0.240 e. The number of amides is 1. The Hall–Kier alpha value is -2.07. The van der Waals surface area contributed by atoms with Crippen molar-refractivity contribution in [2.75, 3.05) is 13.1 Å². The molecule has 1 aliphatic heterocycles. The highest BCUT2D eigenvalue weighted by Gasteiger charge is 2.29. The van der Waals surface area contributed by atoms with Crippen LogP contribution >= 0.6 is 0 Å². The van der Waals surface area contributed by atoms with Gasteiger partial charge in [-0.1, -0.05) is 18.2 Å². The monoisotopic (exact) mass is 286 g/mol. The van der Waals surface area contributed by atoms with E-state index in [-0.39, 0.29) is 17.7 Å². The van der Waals surface area contributed by atoms with Crippen LogP contribution < -0.4 is 0 Å². The number of carbonyl (C=O) groups is 1. The second-order valence-corrected chi connectivity index (χ2v) is 5.35. The topological polar surface area (TPSA) is 43.8 Å². The van der Waals surface area contributed by atoms with E-state index in [0.717, 1.165) is 12.1 Å². The van der Waals surface area contributed by atoms with E-state index in [2.05, 4.69) is 18.1 Å². The molecule has 21 heavy (non-hydrogen) atoms. The van der Waals surface area contributed by atoms with Crippen LogP contribution in [0.15, 0.2) is 43.5 Å². The van der Waals surface area contributed by atoms with E-state index in [1.165, 1.54) is 5.56 Å². The summed E-state index contributed by atoms with van der Waals surface area (Å²) >= 11 is 0. The predicted octanol–water partition coefficient (Wildman–Crippen LogP) is 2.30. The van der Waals surface area contributed by atoms with Crippen LogP contribution in [0.4, 0.5) is 0 Å². The summed E-state index contributed by atoms with van der Waals surface area (Å²) in [5.74, 6) is 0.348. The summed E-state index contributed by atoms with van der Waals surface area (Å²) in [6, 6.07) is 5.18. The number of phenolic OH excluding ortho intramolecular Hbond substituents is 1. The summed E-state index contributed by atoms with van der Waals surface area (Å²) in [7, 11) is 0. The van der Waals surface area contributed by atoms with E-state index in [0.29, 0.717) is 19.6 Å². The third-order valence-corrected chi connectivity index (χ3v) is 3.85. The van der Waals surface area contributed by atoms with Crippen LogP contribution in [0.3, 0.4) is 0 Å². The van der Waals surface area contributed by atoms with Gasteiger partial charge in [0.25, 0.3) is 0 Å². The van der Waals surface area contributed by atoms with Crippen molar-refractivity contribution in [3.8, 4) is 5.75 Å². The molecule has 0 aromatic heterocycles. The first-order valence-corrected chi connectivity index (χ1v) is 7.12. The number of benzene rings is 1. The maximum atomic E-state index is 12.6. The van der Waals surface area contributed by atoms with E-state index < -0.39 is 0 Å². The summed E-state index contributed by atoms with van der Waals surface area (Å²) in [5, 5.41) is 9.54. The summed E-state index contributed by atoms with van der Waals surface area (Å²) in [6.07, 6.45) is 3.45. The quantitative estimate of drug-likeness (QED) is 0.816. The Bertz CT molecular complexity index is 544. The zero-order valence-electron chi connectivity index (χ0n) is 12.5. The standard InChI is InChI=1S/C17H22N2O2/c1-4-8-18(9-5-2)17(21)13(3)19-11-14-6-7-16(20)10-15(14)12-19/h4-7,10,13,20H,1-2,8-9,11-12H2,3H3. The van der Waals surface area contributed by atoms with Crippen LogP contribution in [-0.2, 0) is 17.9 Å². The van der Waals surface area contributed by atoms with Crippen LogP contribution in [0.25, 0.3) is 0 Å². The molecule has 112 valence electrons. The normalized spacial score (nSPS) is 15.3. The molecule has 1 aliphatic rings. The average Bonchev–Trinajstić information content (AvgIpc) is 2.88. The van der Waals surface area contributed by atoms with Crippen molar-refractivity contribution in [2.24, 2.45) is 0 Å². The summed E-state index contributed by atoms with van der Waals surface area (Å²) in [5.41, 5.74) is 2.26. The molecule has 4 heteroatoms. The molecule has 1 aromatic carbocycles. The molecule has 2 rings (SSSR count). The minimum absolute atomic E-state index is 0.0758. The Balaban J connectivity index is 2.07. The molecule has 1 amide bonds. The molecule has 0 radical (unpaired) electrons. The number of nitrogens with zero attached hydrogens (tertiary/aromatic N) is 2. The van der Waals surface area contributed by atoms with Crippen LogP contribution in [0.2, 0.25) is 0 Å². The van der Waals surface area contributed by atoms with Gasteiger partial charge in [-0.2, -0.15) is 0 Å². The molecular formula is C17H22N2O2. The number of aromatic hydroxyl groups is 1. The lowest BCUT2D eigenvalue weighted by molar-refractivity contribution is -0.135. The van der Waals surface area contributed by atoms with Gasteiger partial charge in [0.15, 0.2) is 0 Å². The van der Waals surface area contributed by atoms with Crippen molar-refractivity contribution in [1.82, 2.24) is 9.80 Å². The summed E-state index contributed by atoms with van der Waals surface area (Å²) in [4.78, 5) is 16.4. The Morgan fingerprint density at radius 3 is 2.57 bits per heavy atom. The van der Waals surface area contributed by atoms with Crippen molar-refractivity contribution in [1.29, 1.82) is 0 Å². The molecule has 0 spiro atoms. The molecule has 0 aliphatic carbocycles. The maximum absolute atomic E-state index is 12.6. The van der Waals surface area contributed by atoms with Gasteiger partial charge in [0.1, 0.15) is 5.75 Å². The third-order valence-electron chi connectivity index (χ3n) is 3.85. The van der Waals surface area contributed by atoms with Crippen molar-refractivity contribution in [3.05, 3.63) is 54.6 Å². The van der Waals surface area contributed by atoms with Gasteiger partial charge >= 0.3 is 0 Å². The van der Waals surface area contributed by atoms with Gasteiger partial charge in [0.2, 0.25) is 5.91 Å². The van der Waals surface area contributed by atoms with Crippen LogP contribution in [0.1, 0.15) is 18.1 Å². The van der Waals surface area contributed by atoms with Gasteiger partial charge in [0, 0.05) is 26.2 Å². The first kappa shape index (κ1) is 15.3.